The van der Waals surface area contributed by atoms with Crippen molar-refractivity contribution in [2.75, 3.05) is 25.9 Å². The number of rotatable bonds is 3. The van der Waals surface area contributed by atoms with E-state index in [-0.39, 0.29) is 22.7 Å². The normalized spacial score (nSPS) is 18.4. The van der Waals surface area contributed by atoms with Crippen molar-refractivity contribution in [2.24, 2.45) is 0 Å². The molecule has 3 heterocycles. The second-order valence-electron chi connectivity index (χ2n) is 7.48. The van der Waals surface area contributed by atoms with E-state index in [1.807, 2.05) is 11.8 Å². The van der Waals surface area contributed by atoms with Gasteiger partial charge in [0.1, 0.15) is 5.82 Å². The number of halogens is 2. The Kier molecular flexibility index (Phi) is 5.67. The minimum absolute atomic E-state index is 0.0130. The van der Waals surface area contributed by atoms with E-state index in [1.165, 1.54) is 6.07 Å². The predicted octanol–water partition coefficient (Wildman–Crippen LogP) is 4.17. The van der Waals surface area contributed by atoms with Gasteiger partial charge >= 0.3 is 0 Å². The molecule has 1 aromatic heterocycles. The maximum atomic E-state index is 13.9. The van der Waals surface area contributed by atoms with Gasteiger partial charge in [-0.05, 0) is 49.1 Å². The van der Waals surface area contributed by atoms with Gasteiger partial charge in [-0.2, -0.15) is 5.10 Å². The Morgan fingerprint density at radius 2 is 2.07 bits per heavy atom. The molecule has 150 valence electrons. The zero-order valence-electron chi connectivity index (χ0n) is 16.1. The second kappa shape index (κ2) is 8.05. The third-order valence-electron chi connectivity index (χ3n) is 5.90. The van der Waals surface area contributed by atoms with Gasteiger partial charge in [0.25, 0.3) is 5.91 Å². The average Bonchev–Trinajstić information content (AvgIpc) is 3.14. The fourth-order valence-corrected chi connectivity index (χ4v) is 5.19. The maximum absolute atomic E-state index is 13.9. The number of nitrogens with zero attached hydrogens (tertiary/aromatic N) is 3. The van der Waals surface area contributed by atoms with Crippen LogP contribution in [0.4, 0.5) is 4.39 Å². The molecule has 5 nitrogen and oxygen atoms in total. The fourth-order valence-electron chi connectivity index (χ4n) is 4.29. The summed E-state index contributed by atoms with van der Waals surface area (Å²) in [6, 6.07) is 3.19. The molecule has 1 amide bonds. The van der Waals surface area contributed by atoms with Gasteiger partial charge in [0.2, 0.25) is 0 Å². The molecular formula is C20H24ClFN4OS. The largest absolute Gasteiger partial charge is 0.337 e. The third-order valence-corrected chi connectivity index (χ3v) is 7.11. The predicted molar refractivity (Wildman–Crippen MR) is 110 cm³/mol. The summed E-state index contributed by atoms with van der Waals surface area (Å²) in [5.74, 6) is -0.212. The van der Waals surface area contributed by atoms with Gasteiger partial charge in [-0.3, -0.25) is 9.89 Å². The molecule has 4 rings (SSSR count). The number of hydrogen-bond acceptors (Lipinski definition) is 4. The average molecular weight is 423 g/mol. The molecule has 0 unspecified atom stereocenters. The summed E-state index contributed by atoms with van der Waals surface area (Å²) in [5, 5.41) is 7.62. The van der Waals surface area contributed by atoms with Crippen LogP contribution in [0, 0.1) is 12.7 Å². The monoisotopic (exact) mass is 422 g/mol. The van der Waals surface area contributed by atoms with Crippen molar-refractivity contribution in [3.63, 3.8) is 0 Å². The van der Waals surface area contributed by atoms with E-state index in [4.69, 9.17) is 11.6 Å². The minimum atomic E-state index is -0.373. The van der Waals surface area contributed by atoms with Crippen molar-refractivity contribution in [3.05, 3.63) is 51.1 Å². The van der Waals surface area contributed by atoms with Crippen molar-refractivity contribution < 1.29 is 9.18 Å². The Balaban J connectivity index is 1.47. The summed E-state index contributed by atoms with van der Waals surface area (Å²) in [6.07, 6.45) is 4.49. The van der Waals surface area contributed by atoms with Gasteiger partial charge < -0.3 is 4.90 Å². The third kappa shape index (κ3) is 3.55. The van der Waals surface area contributed by atoms with Crippen LogP contribution in [0.5, 0.6) is 0 Å². The van der Waals surface area contributed by atoms with E-state index in [2.05, 4.69) is 20.8 Å². The van der Waals surface area contributed by atoms with Gasteiger partial charge in [0, 0.05) is 43.9 Å². The standard InChI is InChI=1S/C20H24ClFN4OS/c1-12-3-4-15(22)18(21)17(12)13-5-8-25(9-6-13)20(27)19-14-11-26(28-2)10-7-16(14)23-24-19/h3-4,13H,5-11H2,1-2H3,(H,23,24). The summed E-state index contributed by atoms with van der Waals surface area (Å²) in [4.78, 5) is 15.0. The zero-order chi connectivity index (χ0) is 19.8. The number of benzene rings is 1. The van der Waals surface area contributed by atoms with Crippen LogP contribution >= 0.6 is 23.5 Å². The molecule has 0 bridgehead atoms. The first-order valence-corrected chi connectivity index (χ1v) is 11.1. The SMILES string of the molecule is CSN1CCc2[nH]nc(C(=O)N3CCC(c4c(C)ccc(F)c4Cl)CC3)c2C1. The molecule has 1 N–H and O–H groups in total. The van der Waals surface area contributed by atoms with E-state index in [0.717, 1.165) is 54.7 Å². The number of piperidine rings is 1. The summed E-state index contributed by atoms with van der Waals surface area (Å²) in [5.41, 5.74) is 4.55. The first kappa shape index (κ1) is 19.7. The number of fused-ring (bicyclic) bond motifs is 1. The molecule has 0 aliphatic carbocycles. The van der Waals surface area contributed by atoms with E-state index < -0.39 is 0 Å². The Hall–Kier alpha value is -1.57. The summed E-state index contributed by atoms with van der Waals surface area (Å²) >= 11 is 7.94. The van der Waals surface area contributed by atoms with Crippen molar-refractivity contribution in [1.29, 1.82) is 0 Å². The van der Waals surface area contributed by atoms with Gasteiger partial charge in [-0.15, -0.1) is 0 Å². The van der Waals surface area contributed by atoms with Crippen LogP contribution in [0.1, 0.15) is 51.6 Å². The van der Waals surface area contributed by atoms with E-state index in [0.29, 0.717) is 18.8 Å². The van der Waals surface area contributed by atoms with E-state index >= 15 is 0 Å². The highest BCUT2D eigenvalue weighted by Gasteiger charge is 2.31. The quantitative estimate of drug-likeness (QED) is 0.754. The van der Waals surface area contributed by atoms with Gasteiger partial charge in [-0.1, -0.05) is 29.6 Å². The molecular weight excluding hydrogens is 399 g/mol. The Bertz CT molecular complexity index is 895. The Morgan fingerprint density at radius 1 is 1.32 bits per heavy atom. The number of carbonyl (C=O) groups is 1. The molecule has 1 saturated heterocycles. The van der Waals surface area contributed by atoms with Crippen LogP contribution in [-0.4, -0.2) is 51.2 Å². The molecule has 1 aromatic carbocycles. The Labute approximate surface area is 173 Å². The molecule has 2 aromatic rings. The fraction of sp³-hybridized carbons (Fsp3) is 0.500. The van der Waals surface area contributed by atoms with Crippen molar-refractivity contribution in [3.8, 4) is 0 Å². The summed E-state index contributed by atoms with van der Waals surface area (Å²) in [7, 11) is 0. The van der Waals surface area contributed by atoms with Crippen molar-refractivity contribution >= 4 is 29.5 Å². The van der Waals surface area contributed by atoms with Crippen molar-refractivity contribution in [2.45, 2.75) is 38.6 Å². The number of nitrogens with one attached hydrogen (secondary N) is 1. The molecule has 0 saturated carbocycles. The number of amides is 1. The van der Waals surface area contributed by atoms with Gasteiger partial charge in [0.15, 0.2) is 5.69 Å². The topological polar surface area (TPSA) is 52.2 Å². The lowest BCUT2D eigenvalue weighted by molar-refractivity contribution is 0.0705. The highest BCUT2D eigenvalue weighted by molar-refractivity contribution is 7.96. The first-order chi connectivity index (χ1) is 13.5. The molecule has 2 aliphatic heterocycles. The molecule has 0 spiro atoms. The number of likely N-dealkylation sites (tertiary alicyclic amines) is 1. The first-order valence-electron chi connectivity index (χ1n) is 9.58. The molecule has 0 atom stereocenters. The number of carbonyl (C=O) groups excluding carboxylic acids is 1. The van der Waals surface area contributed by atoms with Gasteiger partial charge in [0.05, 0.1) is 5.02 Å². The highest BCUT2D eigenvalue weighted by Crippen LogP contribution is 2.37. The van der Waals surface area contributed by atoms with Crippen molar-refractivity contribution in [1.82, 2.24) is 19.4 Å². The number of hydrogen-bond donors (Lipinski definition) is 1. The van der Waals surface area contributed by atoms with Crippen LogP contribution in [0.2, 0.25) is 5.02 Å². The summed E-state index contributed by atoms with van der Waals surface area (Å²) < 4.78 is 16.2. The number of aromatic amines is 1. The highest BCUT2D eigenvalue weighted by atomic mass is 35.5. The van der Waals surface area contributed by atoms with E-state index in [9.17, 15) is 9.18 Å². The molecule has 0 radical (unpaired) electrons. The van der Waals surface area contributed by atoms with E-state index in [1.54, 1.807) is 18.0 Å². The zero-order valence-corrected chi connectivity index (χ0v) is 17.7. The minimum Gasteiger partial charge on any atom is -0.337 e. The molecule has 28 heavy (non-hydrogen) atoms. The molecule has 2 aliphatic rings. The van der Waals surface area contributed by atoms with Crippen LogP contribution in [-0.2, 0) is 13.0 Å². The number of aromatic nitrogens is 2. The lowest BCUT2D eigenvalue weighted by atomic mass is 9.86. The number of aryl methyl sites for hydroxylation is 1. The van der Waals surface area contributed by atoms with Crippen LogP contribution in [0.15, 0.2) is 12.1 Å². The second-order valence-corrected chi connectivity index (χ2v) is 8.74. The molecule has 8 heteroatoms. The number of H-pyrrole nitrogens is 1. The van der Waals surface area contributed by atoms with Gasteiger partial charge in [-0.25, -0.2) is 8.70 Å². The lowest BCUT2D eigenvalue weighted by Gasteiger charge is -2.33. The lowest BCUT2D eigenvalue weighted by Crippen LogP contribution is -2.39. The van der Waals surface area contributed by atoms with Crippen LogP contribution in [0.3, 0.4) is 0 Å². The van der Waals surface area contributed by atoms with Crippen LogP contribution < -0.4 is 0 Å². The Morgan fingerprint density at radius 3 is 2.79 bits per heavy atom. The smallest absolute Gasteiger partial charge is 0.274 e. The maximum Gasteiger partial charge on any atom is 0.274 e. The van der Waals surface area contributed by atoms with Crippen LogP contribution in [0.25, 0.3) is 0 Å². The molecule has 1 fully saturated rings. The summed E-state index contributed by atoms with van der Waals surface area (Å²) in [6.45, 7) is 4.92.